The Bertz CT molecular complexity index is 721. The van der Waals surface area contributed by atoms with Crippen LogP contribution in [0.5, 0.6) is 0 Å². The van der Waals surface area contributed by atoms with Gasteiger partial charge in [0.1, 0.15) is 6.73 Å². The van der Waals surface area contributed by atoms with Crippen molar-refractivity contribution in [3.63, 3.8) is 0 Å². The molecule has 0 unspecified atom stereocenters. The van der Waals surface area contributed by atoms with Crippen molar-refractivity contribution in [2.24, 2.45) is 0 Å². The SMILES string of the molecule is C[Si](C)(C)CCOCN1C(=O)CCN(c2ccc(N3CC(=O)C3)cc2)C1=O. The highest BCUT2D eigenvalue weighted by molar-refractivity contribution is 6.76. The van der Waals surface area contributed by atoms with Crippen molar-refractivity contribution >= 4 is 37.2 Å². The lowest BCUT2D eigenvalue weighted by Gasteiger charge is -2.35. The summed E-state index contributed by atoms with van der Waals surface area (Å²) in [5.41, 5.74) is 1.71. The summed E-state index contributed by atoms with van der Waals surface area (Å²) < 4.78 is 5.61. The molecule has 3 rings (SSSR count). The number of carbonyl (C=O) groups excluding carboxylic acids is 3. The number of imide groups is 1. The van der Waals surface area contributed by atoms with Crippen LogP contribution in [0.1, 0.15) is 6.42 Å². The fourth-order valence-electron chi connectivity index (χ4n) is 3.00. The summed E-state index contributed by atoms with van der Waals surface area (Å²) in [4.78, 5) is 40.8. The summed E-state index contributed by atoms with van der Waals surface area (Å²) >= 11 is 0. The van der Waals surface area contributed by atoms with E-state index in [0.717, 1.165) is 17.4 Å². The smallest absolute Gasteiger partial charge is 0.333 e. The molecule has 8 heteroatoms. The van der Waals surface area contributed by atoms with Crippen LogP contribution < -0.4 is 9.80 Å². The molecular weight excluding hydrogens is 362 g/mol. The molecule has 0 bridgehead atoms. The number of benzene rings is 1. The standard InChI is InChI=1S/C19H27N3O4Si/c1-27(2,3)11-10-26-14-22-18(24)8-9-21(19(22)25)16-6-4-15(5-7-16)20-12-17(23)13-20/h4-7H,8-14H2,1-3H3. The van der Waals surface area contributed by atoms with Gasteiger partial charge in [0, 0.05) is 39.0 Å². The Kier molecular flexibility index (Phi) is 5.66. The van der Waals surface area contributed by atoms with Crippen molar-refractivity contribution in [3.8, 4) is 0 Å². The lowest BCUT2D eigenvalue weighted by molar-refractivity contribution is -0.133. The number of nitrogens with zero attached hydrogens (tertiary/aromatic N) is 3. The molecule has 146 valence electrons. The molecule has 27 heavy (non-hydrogen) atoms. The summed E-state index contributed by atoms with van der Waals surface area (Å²) in [6.07, 6.45) is 0.283. The molecule has 0 aromatic heterocycles. The second-order valence-corrected chi connectivity index (χ2v) is 13.9. The van der Waals surface area contributed by atoms with Crippen LogP contribution in [-0.2, 0) is 14.3 Å². The van der Waals surface area contributed by atoms with Gasteiger partial charge in [0.25, 0.3) is 0 Å². The number of hydrogen-bond acceptors (Lipinski definition) is 5. The molecule has 0 saturated carbocycles. The maximum atomic E-state index is 12.8. The molecule has 0 radical (unpaired) electrons. The van der Waals surface area contributed by atoms with Crippen molar-refractivity contribution < 1.29 is 19.1 Å². The van der Waals surface area contributed by atoms with Crippen LogP contribution in [0.15, 0.2) is 24.3 Å². The van der Waals surface area contributed by atoms with Crippen LogP contribution in [0.4, 0.5) is 16.2 Å². The second-order valence-electron chi connectivity index (χ2n) is 8.27. The molecule has 1 aromatic rings. The highest BCUT2D eigenvalue weighted by Gasteiger charge is 2.33. The largest absolute Gasteiger partial charge is 0.361 e. The van der Waals surface area contributed by atoms with Crippen LogP contribution in [-0.4, -0.2) is 63.7 Å². The topological polar surface area (TPSA) is 70.2 Å². The number of ether oxygens (including phenoxy) is 1. The van der Waals surface area contributed by atoms with Crippen LogP contribution >= 0.6 is 0 Å². The average Bonchev–Trinajstić information content (AvgIpc) is 2.58. The van der Waals surface area contributed by atoms with Crippen molar-refractivity contribution in [3.05, 3.63) is 24.3 Å². The number of amides is 3. The molecule has 7 nitrogen and oxygen atoms in total. The van der Waals surface area contributed by atoms with Crippen LogP contribution in [0.3, 0.4) is 0 Å². The van der Waals surface area contributed by atoms with E-state index in [4.69, 9.17) is 4.74 Å². The Labute approximate surface area is 160 Å². The number of rotatable bonds is 7. The van der Waals surface area contributed by atoms with Gasteiger partial charge in [-0.25, -0.2) is 9.69 Å². The van der Waals surface area contributed by atoms with Crippen LogP contribution in [0.2, 0.25) is 25.7 Å². The minimum atomic E-state index is -1.21. The average molecular weight is 390 g/mol. The first-order chi connectivity index (χ1) is 12.7. The molecule has 2 heterocycles. The van der Waals surface area contributed by atoms with Crippen LogP contribution in [0.25, 0.3) is 0 Å². The van der Waals surface area contributed by atoms with Crippen molar-refractivity contribution in [2.45, 2.75) is 32.1 Å². The summed E-state index contributed by atoms with van der Waals surface area (Å²) in [6.45, 7) is 8.60. The van der Waals surface area contributed by atoms with Gasteiger partial charge in [-0.15, -0.1) is 0 Å². The number of Topliss-reactive ketones (excluding diaryl/α,β-unsaturated/α-hetero) is 1. The van der Waals surface area contributed by atoms with Crippen molar-refractivity contribution in [2.75, 3.05) is 42.8 Å². The number of hydrogen-bond donors (Lipinski definition) is 0. The monoisotopic (exact) mass is 389 g/mol. The van der Waals surface area contributed by atoms with Gasteiger partial charge in [-0.05, 0) is 30.3 Å². The Morgan fingerprint density at radius 1 is 1.00 bits per heavy atom. The van der Waals surface area contributed by atoms with E-state index >= 15 is 0 Å². The lowest BCUT2D eigenvalue weighted by Crippen LogP contribution is -2.53. The van der Waals surface area contributed by atoms with Gasteiger partial charge in [0.15, 0.2) is 5.78 Å². The Morgan fingerprint density at radius 2 is 1.63 bits per heavy atom. The zero-order valence-corrected chi connectivity index (χ0v) is 17.2. The molecular formula is C19H27N3O4Si. The first-order valence-corrected chi connectivity index (χ1v) is 13.0. The van der Waals surface area contributed by atoms with Gasteiger partial charge in [0.2, 0.25) is 5.91 Å². The van der Waals surface area contributed by atoms with E-state index in [-0.39, 0.29) is 30.9 Å². The number of carbonyl (C=O) groups is 3. The Morgan fingerprint density at radius 3 is 2.22 bits per heavy atom. The van der Waals surface area contributed by atoms with Crippen molar-refractivity contribution in [1.82, 2.24) is 4.90 Å². The van der Waals surface area contributed by atoms with Crippen LogP contribution in [0, 0.1) is 0 Å². The van der Waals surface area contributed by atoms with E-state index in [9.17, 15) is 14.4 Å². The molecule has 2 saturated heterocycles. The fourth-order valence-corrected chi connectivity index (χ4v) is 3.75. The molecule has 1 aromatic carbocycles. The molecule has 0 spiro atoms. The molecule has 0 N–H and O–H groups in total. The predicted molar refractivity (Wildman–Crippen MR) is 107 cm³/mol. The highest BCUT2D eigenvalue weighted by atomic mass is 28.3. The third-order valence-corrected chi connectivity index (χ3v) is 6.49. The van der Waals surface area contributed by atoms with Gasteiger partial charge >= 0.3 is 6.03 Å². The van der Waals surface area contributed by atoms with Gasteiger partial charge in [-0.3, -0.25) is 14.5 Å². The summed E-state index contributed by atoms with van der Waals surface area (Å²) in [5.74, 6) is 0.0357. The molecule has 3 amide bonds. The van der Waals surface area contributed by atoms with Gasteiger partial charge in [0.05, 0.1) is 13.1 Å². The molecule has 2 aliphatic heterocycles. The molecule has 0 aliphatic carbocycles. The normalized spacial score (nSPS) is 18.2. The maximum Gasteiger partial charge on any atom is 0.333 e. The second kappa shape index (κ2) is 7.81. The first-order valence-electron chi connectivity index (χ1n) is 9.31. The zero-order chi connectivity index (χ0) is 19.6. The molecule has 0 atom stereocenters. The van der Waals surface area contributed by atoms with E-state index in [1.807, 2.05) is 29.2 Å². The van der Waals surface area contributed by atoms with E-state index in [2.05, 4.69) is 19.6 Å². The summed E-state index contributed by atoms with van der Waals surface area (Å²) in [6, 6.07) is 8.17. The van der Waals surface area contributed by atoms with Gasteiger partial charge in [-0.2, -0.15) is 0 Å². The predicted octanol–water partition coefficient (Wildman–Crippen LogP) is 2.55. The molecule has 2 fully saturated rings. The Balaban J connectivity index is 1.60. The number of urea groups is 1. The zero-order valence-electron chi connectivity index (χ0n) is 16.2. The lowest BCUT2D eigenvalue weighted by atomic mass is 10.1. The van der Waals surface area contributed by atoms with E-state index < -0.39 is 8.07 Å². The van der Waals surface area contributed by atoms with E-state index in [1.54, 1.807) is 4.90 Å². The van der Waals surface area contributed by atoms with E-state index in [1.165, 1.54) is 4.90 Å². The summed E-state index contributed by atoms with van der Waals surface area (Å²) in [7, 11) is -1.21. The van der Waals surface area contributed by atoms with E-state index in [0.29, 0.717) is 26.2 Å². The highest BCUT2D eigenvalue weighted by Crippen LogP contribution is 2.26. The number of ketones is 1. The minimum Gasteiger partial charge on any atom is -0.361 e. The quantitative estimate of drug-likeness (QED) is 0.529. The minimum absolute atomic E-state index is 0.00657. The van der Waals surface area contributed by atoms with Crippen molar-refractivity contribution in [1.29, 1.82) is 0 Å². The third-order valence-electron chi connectivity index (χ3n) is 4.79. The third kappa shape index (κ3) is 4.75. The van der Waals surface area contributed by atoms with Gasteiger partial charge < -0.3 is 9.64 Å². The maximum absolute atomic E-state index is 12.8. The summed E-state index contributed by atoms with van der Waals surface area (Å²) in [5, 5.41) is 0. The first kappa shape index (κ1) is 19.6. The van der Waals surface area contributed by atoms with Gasteiger partial charge in [-0.1, -0.05) is 19.6 Å². The number of anilines is 2. The Hall–Kier alpha value is -2.19. The fraction of sp³-hybridized carbons (Fsp3) is 0.526. The molecule has 2 aliphatic rings.